The van der Waals surface area contributed by atoms with Crippen LogP contribution in [0, 0.1) is 11.5 Å². The van der Waals surface area contributed by atoms with Gasteiger partial charge in [-0.3, -0.25) is 0 Å². The first-order chi connectivity index (χ1) is 8.53. The summed E-state index contributed by atoms with van der Waals surface area (Å²) in [4.78, 5) is 0. The zero-order valence-electron chi connectivity index (χ0n) is 9.09. The molecule has 0 saturated carbocycles. The quantitative estimate of drug-likeness (QED) is 0.632. The number of hydrogen-bond donors (Lipinski definition) is 1. The van der Waals surface area contributed by atoms with Gasteiger partial charge in [-0.2, -0.15) is 26.3 Å². The van der Waals surface area contributed by atoms with Crippen molar-refractivity contribution in [2.45, 2.75) is 18.8 Å². The summed E-state index contributed by atoms with van der Waals surface area (Å²) in [5.41, 5.74) is 0. The molecule has 0 spiro atoms. The van der Waals surface area contributed by atoms with E-state index in [9.17, 15) is 26.3 Å². The molecule has 0 saturated heterocycles. The van der Waals surface area contributed by atoms with Crippen LogP contribution in [0.4, 0.5) is 26.3 Å². The molecular weight excluding hydrogens is 280 g/mol. The molecule has 0 heterocycles. The summed E-state index contributed by atoms with van der Waals surface area (Å²) in [6, 6.07) is 5.93. The number of alkyl halides is 6. The van der Waals surface area contributed by atoms with Crippen LogP contribution in [0.25, 0.3) is 0 Å². The van der Waals surface area contributed by atoms with Gasteiger partial charge in [-0.1, -0.05) is 0 Å². The third-order valence-electron chi connectivity index (χ3n) is 1.40. The lowest BCUT2D eigenvalue weighted by molar-refractivity contribution is -0.232. The zero-order chi connectivity index (χ0) is 15.1. The Hall–Kier alpha value is -2.11. The number of nitrogens with zero attached hydrogens (tertiary/aromatic N) is 1. The van der Waals surface area contributed by atoms with Crippen molar-refractivity contribution in [3.63, 3.8) is 0 Å². The minimum atomic E-state index is -5.14. The highest BCUT2D eigenvalue weighted by molar-refractivity contribution is 5.30. The maximum absolute atomic E-state index is 10.8. The van der Waals surface area contributed by atoms with Crippen molar-refractivity contribution in [2.24, 2.45) is 0 Å². The van der Waals surface area contributed by atoms with E-state index in [-0.39, 0.29) is 5.75 Å². The molecule has 1 N–H and O–H groups in total. The van der Waals surface area contributed by atoms with Crippen molar-refractivity contribution in [3.05, 3.63) is 24.3 Å². The Kier molecular flexibility index (Phi) is 5.98. The molecule has 1 aromatic carbocycles. The second kappa shape index (κ2) is 6.72. The van der Waals surface area contributed by atoms with Gasteiger partial charge in [-0.05, 0) is 24.3 Å². The van der Waals surface area contributed by atoms with E-state index >= 15 is 0 Å². The summed E-state index contributed by atoms with van der Waals surface area (Å²) in [6.07, 6.45) is -11.5. The van der Waals surface area contributed by atoms with Gasteiger partial charge in [-0.25, -0.2) is 0 Å². The Morgan fingerprint density at radius 1 is 1.00 bits per heavy atom. The van der Waals surface area contributed by atoms with Crippen LogP contribution in [0.2, 0.25) is 0 Å². The van der Waals surface area contributed by atoms with Gasteiger partial charge in [0.05, 0.1) is 0 Å². The van der Waals surface area contributed by atoms with Gasteiger partial charge in [0, 0.05) is 0 Å². The predicted molar refractivity (Wildman–Crippen MR) is 51.1 cm³/mol. The molecule has 0 fully saturated rings. The Morgan fingerprint density at radius 2 is 1.42 bits per heavy atom. The second-order valence-electron chi connectivity index (χ2n) is 3.09. The Morgan fingerprint density at radius 3 is 1.68 bits per heavy atom. The van der Waals surface area contributed by atoms with Gasteiger partial charge >= 0.3 is 12.4 Å². The molecule has 0 aromatic heterocycles. The summed E-state index contributed by atoms with van der Waals surface area (Å²) in [6.45, 7) is 0. The van der Waals surface area contributed by atoms with Gasteiger partial charge in [0.25, 0.3) is 6.26 Å². The van der Waals surface area contributed by atoms with E-state index in [1.54, 1.807) is 0 Å². The van der Waals surface area contributed by atoms with Gasteiger partial charge < -0.3 is 9.84 Å². The molecule has 3 nitrogen and oxygen atoms in total. The summed E-state index contributed by atoms with van der Waals surface area (Å²) in [5, 5.41) is 16.8. The number of phenols is 1. The zero-order valence-corrected chi connectivity index (χ0v) is 9.09. The van der Waals surface area contributed by atoms with Crippen LogP contribution in [0.5, 0.6) is 11.5 Å². The number of hydrogen-bond acceptors (Lipinski definition) is 3. The predicted octanol–water partition coefficient (Wildman–Crippen LogP) is 3.75. The maximum Gasteiger partial charge on any atom is 0.397 e. The highest BCUT2D eigenvalue weighted by atomic mass is 19.4. The van der Waals surface area contributed by atoms with E-state index < -0.39 is 18.8 Å². The molecule has 1 rings (SSSR count). The highest BCUT2D eigenvalue weighted by Crippen LogP contribution is 2.31. The molecule has 0 aliphatic carbocycles. The first kappa shape index (κ1) is 16.9. The van der Waals surface area contributed by atoms with E-state index in [0.29, 0.717) is 5.75 Å². The van der Waals surface area contributed by atoms with Crippen LogP contribution >= 0.6 is 0 Å². The molecular formula is C10H7F6NO2. The molecule has 0 radical (unpaired) electrons. The number of halogens is 6. The van der Waals surface area contributed by atoms with Crippen molar-refractivity contribution in [1.29, 1.82) is 5.26 Å². The van der Waals surface area contributed by atoms with Crippen molar-refractivity contribution >= 4 is 0 Å². The third-order valence-corrected chi connectivity index (χ3v) is 1.40. The first-order valence-corrected chi connectivity index (χ1v) is 4.52. The number of benzene rings is 1. The topological polar surface area (TPSA) is 53.2 Å². The summed E-state index contributed by atoms with van der Waals surface area (Å²) < 4.78 is 69.4. The van der Waals surface area contributed by atoms with Gasteiger partial charge in [0.2, 0.25) is 0 Å². The SMILES string of the molecule is FC(F)(F)CC(F)(F)F.N#COc1ccc(O)cc1. The van der Waals surface area contributed by atoms with Crippen LogP contribution in [-0.4, -0.2) is 17.5 Å². The van der Waals surface area contributed by atoms with Crippen LogP contribution in [-0.2, 0) is 0 Å². The van der Waals surface area contributed by atoms with E-state index in [0.717, 1.165) is 0 Å². The maximum atomic E-state index is 10.8. The lowest BCUT2D eigenvalue weighted by Gasteiger charge is -2.08. The normalized spacial score (nSPS) is 11.0. The van der Waals surface area contributed by atoms with E-state index in [1.807, 2.05) is 0 Å². The molecule has 0 atom stereocenters. The van der Waals surface area contributed by atoms with Crippen LogP contribution in [0.1, 0.15) is 6.42 Å². The minimum Gasteiger partial charge on any atom is -0.508 e. The number of rotatable bonds is 1. The largest absolute Gasteiger partial charge is 0.508 e. The fourth-order valence-corrected chi connectivity index (χ4v) is 0.794. The van der Waals surface area contributed by atoms with Crippen molar-refractivity contribution in [2.75, 3.05) is 0 Å². The smallest absolute Gasteiger partial charge is 0.397 e. The van der Waals surface area contributed by atoms with Gasteiger partial charge in [0.1, 0.15) is 17.9 Å². The molecule has 1 aromatic rings. The van der Waals surface area contributed by atoms with E-state index in [1.165, 1.54) is 30.5 Å². The lowest BCUT2D eigenvalue weighted by Crippen LogP contribution is -2.20. The minimum absolute atomic E-state index is 0.158. The molecule has 0 bridgehead atoms. The van der Waals surface area contributed by atoms with Crippen LogP contribution in [0.15, 0.2) is 24.3 Å². The lowest BCUT2D eigenvalue weighted by atomic mass is 10.3. The standard InChI is InChI=1S/C7H5NO2.C3H2F6/c8-5-10-7-3-1-6(9)2-4-7;4-2(5,6)1-3(7,8)9/h1-4,9H;1H2. The van der Waals surface area contributed by atoms with E-state index in [2.05, 4.69) is 4.74 Å². The highest BCUT2D eigenvalue weighted by Gasteiger charge is 2.43. The van der Waals surface area contributed by atoms with Crippen molar-refractivity contribution < 1.29 is 36.2 Å². The fraction of sp³-hybridized carbons (Fsp3) is 0.300. The molecule has 0 aliphatic heterocycles. The molecule has 0 amide bonds. The first-order valence-electron chi connectivity index (χ1n) is 4.52. The molecule has 106 valence electrons. The number of ether oxygens (including phenoxy) is 1. The van der Waals surface area contributed by atoms with Gasteiger partial charge in [-0.15, -0.1) is 5.26 Å². The summed E-state index contributed by atoms with van der Waals surface area (Å²) in [5.74, 6) is 0.589. The average molecular weight is 287 g/mol. The van der Waals surface area contributed by atoms with Crippen molar-refractivity contribution in [1.82, 2.24) is 0 Å². The number of nitriles is 1. The Labute approximate surface area is 103 Å². The fourth-order valence-electron chi connectivity index (χ4n) is 0.794. The average Bonchev–Trinajstić information content (AvgIpc) is 2.17. The van der Waals surface area contributed by atoms with E-state index in [4.69, 9.17) is 10.4 Å². The molecule has 0 unspecified atom stereocenters. The number of aromatic hydroxyl groups is 1. The summed E-state index contributed by atoms with van der Waals surface area (Å²) in [7, 11) is 0. The number of phenolic OH excluding ortho intramolecular Hbond substituents is 1. The molecule has 9 heteroatoms. The summed E-state index contributed by atoms with van der Waals surface area (Å²) >= 11 is 0. The van der Waals surface area contributed by atoms with Crippen LogP contribution in [0.3, 0.4) is 0 Å². The molecule has 19 heavy (non-hydrogen) atoms. The Bertz CT molecular complexity index is 406. The second-order valence-corrected chi connectivity index (χ2v) is 3.09. The monoisotopic (exact) mass is 287 g/mol. The molecule has 0 aliphatic rings. The van der Waals surface area contributed by atoms with Crippen LogP contribution < -0.4 is 4.74 Å². The third kappa shape index (κ3) is 10.7. The van der Waals surface area contributed by atoms with Gasteiger partial charge in [0.15, 0.2) is 0 Å². The Balaban J connectivity index is 0.000000344. The van der Waals surface area contributed by atoms with Crippen molar-refractivity contribution in [3.8, 4) is 17.8 Å².